The van der Waals surface area contributed by atoms with E-state index in [-0.39, 0.29) is 22.9 Å². The van der Waals surface area contributed by atoms with Crippen molar-refractivity contribution in [1.29, 1.82) is 0 Å². The Bertz CT molecular complexity index is 1100. The Morgan fingerprint density at radius 2 is 1.60 bits per heavy atom. The first-order chi connectivity index (χ1) is 22.3. The highest BCUT2D eigenvalue weighted by Gasteiger charge is 2.62. The van der Waals surface area contributed by atoms with E-state index in [1.165, 1.54) is 50.7 Å². The van der Waals surface area contributed by atoms with Crippen molar-refractivity contribution < 1.29 is 22.3 Å². The zero-order valence-electron chi connectivity index (χ0n) is 30.4. The van der Waals surface area contributed by atoms with Gasteiger partial charge in [-0.05, 0) is 175 Å². The second-order valence-electron chi connectivity index (χ2n) is 16.7. The van der Waals surface area contributed by atoms with Crippen molar-refractivity contribution in [2.24, 2.45) is 63.0 Å². The summed E-state index contributed by atoms with van der Waals surface area (Å²) in [5.74, 6) is 3.05. The maximum absolute atomic E-state index is 11.8. The average molecular weight is 683 g/mol. The molecule has 0 heterocycles. The average Bonchev–Trinajstić information content (AvgIpc) is 3.36. The molecule has 0 saturated heterocycles. The predicted octanol–water partition coefficient (Wildman–Crippen LogP) is 6.02. The monoisotopic (exact) mass is 683 g/mol. The van der Waals surface area contributed by atoms with Crippen LogP contribution in [0.3, 0.4) is 0 Å². The van der Waals surface area contributed by atoms with Gasteiger partial charge in [0.15, 0.2) is 0 Å². The molecule has 9 nitrogen and oxygen atoms in total. The van der Waals surface area contributed by atoms with Crippen LogP contribution in [-0.2, 0) is 14.6 Å². The first-order valence-electron chi connectivity index (χ1n) is 19.3. The van der Waals surface area contributed by atoms with E-state index in [9.17, 15) is 18.1 Å². The van der Waals surface area contributed by atoms with E-state index in [2.05, 4.69) is 31.4 Å². The SMILES string of the molecule is CC(C)[C@@H](CC[C@@H](C)[C@H]1CCC2C3C(O)C[C@H]4CC(=NCCCNCCCCNCCCN)CC[C@]4(C)C3CC[C@@]21C)OS(=O)(=O)O. The van der Waals surface area contributed by atoms with Crippen LogP contribution >= 0.6 is 0 Å². The summed E-state index contributed by atoms with van der Waals surface area (Å²) in [4.78, 5) is 5.08. The first kappa shape index (κ1) is 39.2. The lowest BCUT2D eigenvalue weighted by molar-refractivity contribution is -0.157. The molecule has 0 aromatic rings. The predicted molar refractivity (Wildman–Crippen MR) is 192 cm³/mol. The molecule has 10 heteroatoms. The number of aliphatic hydroxyl groups excluding tert-OH is 1. The van der Waals surface area contributed by atoms with Crippen molar-refractivity contribution in [3.63, 3.8) is 0 Å². The van der Waals surface area contributed by atoms with Crippen LogP contribution in [0, 0.1) is 52.3 Å². The van der Waals surface area contributed by atoms with Crippen molar-refractivity contribution >= 4 is 16.1 Å². The van der Waals surface area contributed by atoms with Gasteiger partial charge in [-0.2, -0.15) is 8.42 Å². The quantitative estimate of drug-likeness (QED) is 0.0822. The summed E-state index contributed by atoms with van der Waals surface area (Å²) >= 11 is 0. The molecule has 0 aliphatic heterocycles. The molecule has 4 aliphatic rings. The Balaban J connectivity index is 1.25. The fourth-order valence-corrected chi connectivity index (χ4v) is 11.5. The molecule has 4 saturated carbocycles. The van der Waals surface area contributed by atoms with Gasteiger partial charge in [0, 0.05) is 12.3 Å². The standard InChI is InChI=1S/C37H70N4O5S/c1-26(2)34(46-47(43,44)45)13-10-27(3)30-11-12-31-35-32(15-17-37(30,31)5)36(4)16-14-29(24-28(36)25-33(35)42)41-23-9-22-40-20-7-6-19-39-21-8-18-38/h26-28,30-35,39-40,42H,6-25,38H2,1-5H3,(H,43,44,45)/t27-,28-,30-,31?,32?,33?,34-,35?,36+,37-/m1/s1. The number of nitrogens with one attached hydrogen (secondary N) is 2. The van der Waals surface area contributed by atoms with Gasteiger partial charge in [-0.3, -0.25) is 9.55 Å². The molecular weight excluding hydrogens is 612 g/mol. The molecule has 0 aromatic heterocycles. The molecule has 10 atom stereocenters. The zero-order chi connectivity index (χ0) is 34.2. The summed E-state index contributed by atoms with van der Waals surface area (Å²) in [7, 11) is -4.46. The number of aliphatic imine (C=N–C) groups is 1. The Hall–Kier alpha value is -0.620. The number of rotatable bonds is 19. The van der Waals surface area contributed by atoms with E-state index < -0.39 is 16.5 Å². The summed E-state index contributed by atoms with van der Waals surface area (Å²) in [5, 5.41) is 18.8. The summed E-state index contributed by atoms with van der Waals surface area (Å²) < 4.78 is 37.2. The number of nitrogens with two attached hydrogens (primary N) is 1. The Morgan fingerprint density at radius 3 is 2.26 bits per heavy atom. The third-order valence-corrected chi connectivity index (χ3v) is 14.0. The maximum atomic E-state index is 11.8. The van der Waals surface area contributed by atoms with E-state index >= 15 is 0 Å². The molecule has 0 radical (unpaired) electrons. The second-order valence-corrected chi connectivity index (χ2v) is 17.8. The minimum absolute atomic E-state index is 0.00974. The highest BCUT2D eigenvalue weighted by atomic mass is 32.3. The number of fused-ring (bicyclic) bond motifs is 5. The van der Waals surface area contributed by atoms with Crippen LogP contribution < -0.4 is 16.4 Å². The maximum Gasteiger partial charge on any atom is 0.397 e. The molecule has 274 valence electrons. The molecule has 0 spiro atoms. The van der Waals surface area contributed by atoms with Crippen LogP contribution in [0.4, 0.5) is 0 Å². The van der Waals surface area contributed by atoms with E-state index in [4.69, 9.17) is 14.9 Å². The van der Waals surface area contributed by atoms with E-state index in [0.717, 1.165) is 77.8 Å². The molecule has 47 heavy (non-hydrogen) atoms. The van der Waals surface area contributed by atoms with Crippen LogP contribution in [0.2, 0.25) is 0 Å². The minimum atomic E-state index is -4.46. The van der Waals surface area contributed by atoms with E-state index in [1.807, 2.05) is 13.8 Å². The molecule has 0 amide bonds. The summed E-state index contributed by atoms with van der Waals surface area (Å²) in [5.41, 5.74) is 7.41. The van der Waals surface area contributed by atoms with Gasteiger partial charge in [-0.1, -0.05) is 34.6 Å². The van der Waals surface area contributed by atoms with Gasteiger partial charge >= 0.3 is 10.4 Å². The molecule has 4 rings (SSSR count). The van der Waals surface area contributed by atoms with Crippen LogP contribution in [0.25, 0.3) is 0 Å². The van der Waals surface area contributed by atoms with Crippen LogP contribution in [0.15, 0.2) is 4.99 Å². The normalized spacial score (nSPS) is 36.2. The second kappa shape index (κ2) is 17.5. The molecule has 0 bridgehead atoms. The summed E-state index contributed by atoms with van der Waals surface area (Å²) in [6.45, 7) is 17.1. The van der Waals surface area contributed by atoms with Gasteiger partial charge in [-0.25, -0.2) is 4.18 Å². The smallest absolute Gasteiger partial charge is 0.393 e. The Labute approximate surface area is 287 Å². The van der Waals surface area contributed by atoms with Crippen molar-refractivity contribution in [2.75, 3.05) is 39.3 Å². The lowest BCUT2D eigenvalue weighted by Gasteiger charge is -2.62. The van der Waals surface area contributed by atoms with Gasteiger partial charge in [0.1, 0.15) is 0 Å². The Morgan fingerprint density at radius 1 is 0.936 bits per heavy atom. The first-order valence-corrected chi connectivity index (χ1v) is 20.6. The molecule has 6 N–H and O–H groups in total. The fourth-order valence-electron chi connectivity index (χ4n) is 10.8. The lowest BCUT2D eigenvalue weighted by Crippen LogP contribution is -2.58. The van der Waals surface area contributed by atoms with Gasteiger partial charge in [0.05, 0.1) is 12.2 Å². The largest absolute Gasteiger partial charge is 0.397 e. The van der Waals surface area contributed by atoms with Crippen LogP contribution in [0.5, 0.6) is 0 Å². The van der Waals surface area contributed by atoms with Crippen molar-refractivity contribution in [1.82, 2.24) is 10.6 Å². The van der Waals surface area contributed by atoms with E-state index in [0.29, 0.717) is 41.9 Å². The Kier molecular flexibility index (Phi) is 14.6. The third-order valence-electron chi connectivity index (χ3n) is 13.5. The van der Waals surface area contributed by atoms with Crippen molar-refractivity contribution in [3.05, 3.63) is 0 Å². The molecular formula is C37H70N4O5S. The molecule has 4 aliphatic carbocycles. The number of unbranched alkanes of at least 4 members (excludes halogenated alkanes) is 1. The molecule has 4 fully saturated rings. The third kappa shape index (κ3) is 10.0. The molecule has 4 unspecified atom stereocenters. The summed E-state index contributed by atoms with van der Waals surface area (Å²) in [6.07, 6.45) is 14.4. The number of nitrogens with zero attached hydrogens (tertiary/aromatic N) is 1. The number of hydrogen-bond donors (Lipinski definition) is 5. The topological polar surface area (TPSA) is 146 Å². The molecule has 0 aromatic carbocycles. The van der Waals surface area contributed by atoms with Crippen molar-refractivity contribution in [2.45, 2.75) is 137 Å². The van der Waals surface area contributed by atoms with Gasteiger partial charge in [0.2, 0.25) is 0 Å². The van der Waals surface area contributed by atoms with E-state index in [1.54, 1.807) is 0 Å². The number of hydrogen-bond acceptors (Lipinski definition) is 8. The van der Waals surface area contributed by atoms with Gasteiger partial charge in [-0.15, -0.1) is 0 Å². The highest BCUT2D eigenvalue weighted by Crippen LogP contribution is 2.68. The van der Waals surface area contributed by atoms with Crippen LogP contribution in [-0.4, -0.2) is 75.3 Å². The van der Waals surface area contributed by atoms with Crippen molar-refractivity contribution in [3.8, 4) is 0 Å². The van der Waals surface area contributed by atoms with Crippen LogP contribution in [0.1, 0.15) is 125 Å². The summed E-state index contributed by atoms with van der Waals surface area (Å²) in [6, 6.07) is 0. The number of aliphatic hydroxyl groups is 1. The van der Waals surface area contributed by atoms with Gasteiger partial charge in [0.25, 0.3) is 0 Å². The van der Waals surface area contributed by atoms with Gasteiger partial charge < -0.3 is 21.5 Å². The fraction of sp³-hybridized carbons (Fsp3) is 0.973. The lowest BCUT2D eigenvalue weighted by atomic mass is 9.43. The highest BCUT2D eigenvalue weighted by molar-refractivity contribution is 7.80. The zero-order valence-corrected chi connectivity index (χ0v) is 31.2. The minimum Gasteiger partial charge on any atom is -0.393 e.